The maximum absolute atomic E-state index is 12.8. The van der Waals surface area contributed by atoms with E-state index in [1.807, 2.05) is 6.92 Å². The van der Waals surface area contributed by atoms with Gasteiger partial charge in [-0.25, -0.2) is 0 Å². The van der Waals surface area contributed by atoms with Gasteiger partial charge in [-0.05, 0) is 45.1 Å². The van der Waals surface area contributed by atoms with Crippen molar-refractivity contribution < 1.29 is 8.42 Å². The Morgan fingerprint density at radius 1 is 1.11 bits per heavy atom. The van der Waals surface area contributed by atoms with Gasteiger partial charge in [-0.15, -0.1) is 0 Å². The molecular weight excluding hydrogens is 262 g/mol. The Morgan fingerprint density at radius 3 is 2.32 bits per heavy atom. The molecule has 0 saturated carbocycles. The lowest BCUT2D eigenvalue weighted by molar-refractivity contribution is 0.197. The SMILES string of the molecule is CC1CCC(CN)CN1S(=O)(=O)N1CCCCCC1. The zero-order valence-electron chi connectivity index (χ0n) is 11.9. The third-order valence-electron chi connectivity index (χ3n) is 4.44. The van der Waals surface area contributed by atoms with Gasteiger partial charge in [-0.1, -0.05) is 12.8 Å². The molecule has 0 aromatic carbocycles. The first-order valence-corrected chi connectivity index (χ1v) is 8.92. The summed E-state index contributed by atoms with van der Waals surface area (Å²) < 4.78 is 28.9. The summed E-state index contributed by atoms with van der Waals surface area (Å²) in [6.07, 6.45) is 6.24. The summed E-state index contributed by atoms with van der Waals surface area (Å²) in [5.41, 5.74) is 5.72. The van der Waals surface area contributed by atoms with E-state index < -0.39 is 10.2 Å². The van der Waals surface area contributed by atoms with Crippen molar-refractivity contribution in [3.63, 3.8) is 0 Å². The van der Waals surface area contributed by atoms with E-state index in [2.05, 4.69) is 0 Å². The molecule has 0 bridgehead atoms. The minimum Gasteiger partial charge on any atom is -0.330 e. The van der Waals surface area contributed by atoms with E-state index in [0.29, 0.717) is 32.1 Å². The van der Waals surface area contributed by atoms with Gasteiger partial charge < -0.3 is 5.73 Å². The van der Waals surface area contributed by atoms with Gasteiger partial charge in [0.2, 0.25) is 0 Å². The second-order valence-corrected chi connectivity index (χ2v) is 7.80. The van der Waals surface area contributed by atoms with Gasteiger partial charge in [0.25, 0.3) is 10.2 Å². The molecule has 0 radical (unpaired) electrons. The van der Waals surface area contributed by atoms with E-state index in [1.165, 1.54) is 0 Å². The fourth-order valence-corrected chi connectivity index (χ4v) is 5.06. The normalized spacial score (nSPS) is 32.1. The zero-order valence-corrected chi connectivity index (χ0v) is 12.7. The maximum Gasteiger partial charge on any atom is 0.282 e. The largest absolute Gasteiger partial charge is 0.330 e. The predicted octanol–water partition coefficient (Wildman–Crippen LogP) is 1.17. The minimum absolute atomic E-state index is 0.107. The summed E-state index contributed by atoms with van der Waals surface area (Å²) in [5.74, 6) is 0.318. The van der Waals surface area contributed by atoms with Gasteiger partial charge in [0.05, 0.1) is 0 Å². The number of rotatable bonds is 3. The van der Waals surface area contributed by atoms with Crippen LogP contribution in [-0.4, -0.2) is 49.2 Å². The molecule has 2 saturated heterocycles. The minimum atomic E-state index is -3.29. The van der Waals surface area contributed by atoms with Crippen LogP contribution < -0.4 is 5.73 Å². The third kappa shape index (κ3) is 3.48. The van der Waals surface area contributed by atoms with Crippen LogP contribution in [0.1, 0.15) is 45.4 Å². The highest BCUT2D eigenvalue weighted by Crippen LogP contribution is 2.26. The third-order valence-corrected chi connectivity index (χ3v) is 6.56. The van der Waals surface area contributed by atoms with Crippen molar-refractivity contribution in [3.05, 3.63) is 0 Å². The molecule has 112 valence electrons. The lowest BCUT2D eigenvalue weighted by Gasteiger charge is -2.39. The fourth-order valence-electron chi connectivity index (χ4n) is 3.08. The van der Waals surface area contributed by atoms with Crippen molar-refractivity contribution >= 4 is 10.2 Å². The highest BCUT2D eigenvalue weighted by molar-refractivity contribution is 7.86. The molecule has 2 atom stereocenters. The quantitative estimate of drug-likeness (QED) is 0.848. The van der Waals surface area contributed by atoms with Crippen LogP contribution in [0.4, 0.5) is 0 Å². The molecule has 0 aliphatic carbocycles. The van der Waals surface area contributed by atoms with Crippen LogP contribution in [-0.2, 0) is 10.2 Å². The molecule has 0 amide bonds. The van der Waals surface area contributed by atoms with E-state index in [9.17, 15) is 8.42 Å². The molecule has 0 spiro atoms. The van der Waals surface area contributed by atoms with Gasteiger partial charge in [0.15, 0.2) is 0 Å². The monoisotopic (exact) mass is 289 g/mol. The Bertz CT molecular complexity index is 377. The number of nitrogens with two attached hydrogens (primary N) is 1. The van der Waals surface area contributed by atoms with Crippen LogP contribution in [0.3, 0.4) is 0 Å². The first-order chi connectivity index (χ1) is 9.05. The Kier molecular flexibility index (Phi) is 5.22. The van der Waals surface area contributed by atoms with E-state index >= 15 is 0 Å². The van der Waals surface area contributed by atoms with Crippen LogP contribution in [0, 0.1) is 5.92 Å². The second-order valence-electron chi connectivity index (χ2n) is 5.92. The summed E-state index contributed by atoms with van der Waals surface area (Å²) in [4.78, 5) is 0. The molecule has 2 fully saturated rings. The van der Waals surface area contributed by atoms with Crippen LogP contribution in [0.15, 0.2) is 0 Å². The average Bonchev–Trinajstić information content (AvgIpc) is 2.68. The van der Waals surface area contributed by atoms with Crippen LogP contribution >= 0.6 is 0 Å². The molecule has 6 heteroatoms. The van der Waals surface area contributed by atoms with Gasteiger partial charge in [0.1, 0.15) is 0 Å². The lowest BCUT2D eigenvalue weighted by atomic mass is 9.96. The summed E-state index contributed by atoms with van der Waals surface area (Å²) in [5, 5.41) is 0. The highest BCUT2D eigenvalue weighted by Gasteiger charge is 2.37. The standard InChI is InChI=1S/C13H27N3O2S/c1-12-6-7-13(10-14)11-16(12)19(17,18)15-8-4-2-3-5-9-15/h12-13H,2-11,14H2,1H3. The molecule has 2 heterocycles. The van der Waals surface area contributed by atoms with Crippen LogP contribution in [0.5, 0.6) is 0 Å². The van der Waals surface area contributed by atoms with Crippen molar-refractivity contribution in [1.29, 1.82) is 0 Å². The zero-order chi connectivity index (χ0) is 13.9. The van der Waals surface area contributed by atoms with E-state index in [0.717, 1.165) is 38.5 Å². The summed E-state index contributed by atoms with van der Waals surface area (Å²) >= 11 is 0. The predicted molar refractivity (Wildman–Crippen MR) is 76.9 cm³/mol. The van der Waals surface area contributed by atoms with E-state index in [4.69, 9.17) is 5.73 Å². The van der Waals surface area contributed by atoms with Crippen LogP contribution in [0.25, 0.3) is 0 Å². The Hall–Kier alpha value is -0.170. The number of hydrogen-bond donors (Lipinski definition) is 1. The van der Waals surface area contributed by atoms with Gasteiger partial charge >= 0.3 is 0 Å². The smallest absolute Gasteiger partial charge is 0.282 e. The summed E-state index contributed by atoms with van der Waals surface area (Å²) in [6.45, 7) is 4.55. The molecule has 2 rings (SSSR count). The van der Waals surface area contributed by atoms with Gasteiger partial charge in [0, 0.05) is 25.7 Å². The molecule has 19 heavy (non-hydrogen) atoms. The first-order valence-electron chi connectivity index (χ1n) is 7.52. The van der Waals surface area contributed by atoms with E-state index in [-0.39, 0.29) is 6.04 Å². The Balaban J connectivity index is 2.12. The topological polar surface area (TPSA) is 66.6 Å². The molecule has 2 N–H and O–H groups in total. The molecule has 2 unspecified atom stereocenters. The highest BCUT2D eigenvalue weighted by atomic mass is 32.2. The first kappa shape index (κ1) is 15.2. The average molecular weight is 289 g/mol. The fraction of sp³-hybridized carbons (Fsp3) is 1.00. The maximum atomic E-state index is 12.8. The van der Waals surface area contributed by atoms with Crippen LogP contribution in [0.2, 0.25) is 0 Å². The summed E-state index contributed by atoms with van der Waals surface area (Å²) in [7, 11) is -3.29. The summed E-state index contributed by atoms with van der Waals surface area (Å²) in [6, 6.07) is 0.107. The number of piperidine rings is 1. The Labute approximate surface area is 117 Å². The molecule has 2 aliphatic heterocycles. The molecule has 0 aromatic heterocycles. The number of nitrogens with zero attached hydrogens (tertiary/aromatic N) is 2. The number of hydrogen-bond acceptors (Lipinski definition) is 3. The molecular formula is C13H27N3O2S. The van der Waals surface area contributed by atoms with Crippen molar-refractivity contribution in [2.75, 3.05) is 26.2 Å². The second kappa shape index (κ2) is 6.52. The molecule has 2 aliphatic rings. The van der Waals surface area contributed by atoms with Crippen molar-refractivity contribution in [3.8, 4) is 0 Å². The van der Waals surface area contributed by atoms with Gasteiger partial charge in [-0.2, -0.15) is 17.0 Å². The molecule has 5 nitrogen and oxygen atoms in total. The Morgan fingerprint density at radius 2 is 1.74 bits per heavy atom. The van der Waals surface area contributed by atoms with Crippen molar-refractivity contribution in [2.45, 2.75) is 51.5 Å². The lowest BCUT2D eigenvalue weighted by Crippen LogP contribution is -2.52. The van der Waals surface area contributed by atoms with Gasteiger partial charge in [-0.3, -0.25) is 0 Å². The molecule has 0 aromatic rings. The van der Waals surface area contributed by atoms with Crippen molar-refractivity contribution in [1.82, 2.24) is 8.61 Å². The van der Waals surface area contributed by atoms with Crippen molar-refractivity contribution in [2.24, 2.45) is 11.7 Å². The van der Waals surface area contributed by atoms with E-state index in [1.54, 1.807) is 8.61 Å².